The van der Waals surface area contributed by atoms with Gasteiger partial charge >= 0.3 is 19.5 Å². The summed E-state index contributed by atoms with van der Waals surface area (Å²) in [5.74, 6) is 1.70. The van der Waals surface area contributed by atoms with Crippen LogP contribution in [0.3, 0.4) is 0 Å². The molecule has 0 saturated carbocycles. The van der Waals surface area contributed by atoms with Gasteiger partial charge in [-0.05, 0) is 64.8 Å². The molecule has 1 fully saturated rings. The van der Waals surface area contributed by atoms with E-state index in [9.17, 15) is 14.2 Å². The molecule has 3 heterocycles. The van der Waals surface area contributed by atoms with Gasteiger partial charge in [0.1, 0.15) is 18.5 Å². The number of ether oxygens (including phenoxy) is 7. The monoisotopic (exact) mass is 945 g/mol. The number of anilines is 1. The molecule has 21 heteroatoms. The van der Waals surface area contributed by atoms with E-state index in [0.717, 1.165) is 5.56 Å². The Morgan fingerprint density at radius 1 is 0.887 bits per heavy atom. The molecule has 0 spiro atoms. The Bertz CT molecular complexity index is 1990. The summed E-state index contributed by atoms with van der Waals surface area (Å²) in [6, 6.07) is 7.43. The Hall–Kier alpha value is -3.05. The highest BCUT2D eigenvalue weighted by Gasteiger charge is 2.51. The fourth-order valence-electron chi connectivity index (χ4n) is 6.25. The van der Waals surface area contributed by atoms with Gasteiger partial charge in [-0.15, -0.1) is 18.2 Å². The predicted molar refractivity (Wildman–Crippen MR) is 237 cm³/mol. The molecule has 2 aromatic heterocycles. The van der Waals surface area contributed by atoms with Gasteiger partial charge in [0, 0.05) is 37.7 Å². The third kappa shape index (κ3) is 16.8. The first-order valence-electron chi connectivity index (χ1n) is 20.0. The van der Waals surface area contributed by atoms with Crippen molar-refractivity contribution in [3.8, 4) is 12.3 Å². The average molecular weight is 947 g/mol. The topological polar surface area (TPSA) is 181 Å². The van der Waals surface area contributed by atoms with Crippen LogP contribution in [0.1, 0.15) is 67.2 Å². The van der Waals surface area contributed by atoms with Crippen LogP contribution in [-0.2, 0) is 62.9 Å². The molecular formula is C41H58Cl2N5O12PS. The molecule has 17 nitrogen and oxygen atoms in total. The molecule has 0 amide bonds. The summed E-state index contributed by atoms with van der Waals surface area (Å²) >= 11 is 14.5. The molecule has 62 heavy (non-hydrogen) atoms. The van der Waals surface area contributed by atoms with E-state index in [0.29, 0.717) is 69.0 Å². The molecule has 1 saturated heterocycles. The smallest absolute Gasteiger partial charge is 0.341 e. The number of hydrogen-bond acceptors (Lipinski definition) is 17. The first-order chi connectivity index (χ1) is 29.3. The molecule has 1 aliphatic heterocycles. The van der Waals surface area contributed by atoms with Gasteiger partial charge in [0.05, 0.1) is 74.5 Å². The van der Waals surface area contributed by atoms with Crippen LogP contribution >= 0.6 is 42.6 Å². The Morgan fingerprint density at radius 3 is 2.05 bits per heavy atom. The van der Waals surface area contributed by atoms with Crippen molar-refractivity contribution in [3.05, 3.63) is 46.3 Å². The Kier molecular flexibility index (Phi) is 20.2. The number of benzene rings is 1. The summed E-state index contributed by atoms with van der Waals surface area (Å²) in [7, 11) is -3.65. The number of thioether (sulfide) groups is 1. The Morgan fingerprint density at radius 2 is 1.47 bits per heavy atom. The quantitative estimate of drug-likeness (QED) is 0.0275. The zero-order valence-electron chi connectivity index (χ0n) is 36.5. The molecule has 0 N–H and O–H groups in total. The van der Waals surface area contributed by atoms with E-state index in [4.69, 9.17) is 71.8 Å². The lowest BCUT2D eigenvalue weighted by atomic mass is 10.1. The fraction of sp³-hybridized carbons (Fsp3) is 0.634. The SMILES string of the molecule is C#CCOCCOCCOCCOCCN(Cc1ccccc1Cl)c1nc(Cl)nc2c1cnn2[C@@H]1O[C@H](CSCP(=O)(OC(C)(C)C)OC(C)(C)C)[C@@H](OC(C)=O)[C@H]1OC(C)=O. The van der Waals surface area contributed by atoms with Crippen molar-refractivity contribution in [2.45, 2.75) is 97.7 Å². The Balaban J connectivity index is 1.57. The number of nitrogens with zero attached hydrogens (tertiary/aromatic N) is 5. The summed E-state index contributed by atoms with van der Waals surface area (Å²) in [4.78, 5) is 36.2. The van der Waals surface area contributed by atoms with E-state index in [1.165, 1.54) is 30.3 Å². The number of fused-ring (bicyclic) bond motifs is 1. The van der Waals surface area contributed by atoms with E-state index >= 15 is 0 Å². The maximum atomic E-state index is 14.0. The van der Waals surface area contributed by atoms with Gasteiger partial charge in [-0.3, -0.25) is 14.2 Å². The first-order valence-corrected chi connectivity index (χ1v) is 23.6. The summed E-state index contributed by atoms with van der Waals surface area (Å²) < 4.78 is 67.6. The standard InChI is InChI=1S/C41H58Cl2N5O12PS/c1-10-16-52-18-20-54-22-23-55-21-19-53-17-15-47(25-30-13-11-12-14-32(30)42)36-31-24-44-48(37(31)46-39(43)45-36)38-35(57-29(3)50)34(56-28(2)49)33(58-38)26-62-27-61(51,59-40(4,5)6)60-41(7,8)9/h1,11-14,24,33-35,38H,15-23,25-27H2,2-9H3/t33-,34-,35-,38-/m1/s1. The molecule has 344 valence electrons. The van der Waals surface area contributed by atoms with Crippen molar-refractivity contribution in [3.63, 3.8) is 0 Å². The molecule has 4 rings (SSSR count). The van der Waals surface area contributed by atoms with Crippen LogP contribution in [0.15, 0.2) is 30.5 Å². The van der Waals surface area contributed by atoms with Gasteiger partial charge in [0.25, 0.3) is 0 Å². The van der Waals surface area contributed by atoms with Crippen molar-refractivity contribution in [2.24, 2.45) is 0 Å². The number of carbonyl (C=O) groups excluding carboxylic acids is 2. The van der Waals surface area contributed by atoms with E-state index in [1.807, 2.05) is 23.1 Å². The number of hydrogen-bond donors (Lipinski definition) is 0. The minimum Gasteiger partial charge on any atom is -0.456 e. The molecule has 1 aromatic carbocycles. The van der Waals surface area contributed by atoms with Crippen molar-refractivity contribution >= 4 is 71.3 Å². The summed E-state index contributed by atoms with van der Waals surface area (Å²) in [6.45, 7) is 16.8. The first kappa shape index (κ1) is 51.6. The van der Waals surface area contributed by atoms with Gasteiger partial charge in [-0.25, -0.2) is 4.68 Å². The van der Waals surface area contributed by atoms with Crippen LogP contribution in [0.2, 0.25) is 10.3 Å². The van der Waals surface area contributed by atoms with Gasteiger partial charge in [-0.2, -0.15) is 15.1 Å². The lowest BCUT2D eigenvalue weighted by Gasteiger charge is -2.32. The maximum absolute atomic E-state index is 14.0. The third-order valence-electron chi connectivity index (χ3n) is 8.32. The van der Waals surface area contributed by atoms with E-state index in [1.54, 1.807) is 53.8 Å². The minimum absolute atomic E-state index is 0.0359. The largest absolute Gasteiger partial charge is 0.456 e. The molecule has 0 unspecified atom stereocenters. The number of rotatable bonds is 25. The second-order valence-corrected chi connectivity index (χ2v) is 20.1. The third-order valence-corrected chi connectivity index (χ3v) is 13.1. The number of halogens is 2. The summed E-state index contributed by atoms with van der Waals surface area (Å²) in [5, 5.41) is 5.59. The number of carbonyl (C=O) groups is 2. The van der Waals surface area contributed by atoms with Crippen LogP contribution in [0.25, 0.3) is 11.0 Å². The molecule has 1 aliphatic rings. The highest BCUT2D eigenvalue weighted by atomic mass is 35.5. The van der Waals surface area contributed by atoms with Crippen LogP contribution in [-0.4, -0.2) is 132 Å². The molecular weight excluding hydrogens is 888 g/mol. The summed E-state index contributed by atoms with van der Waals surface area (Å²) in [6.07, 6.45) is 2.47. The predicted octanol–water partition coefficient (Wildman–Crippen LogP) is 7.11. The van der Waals surface area contributed by atoms with Crippen molar-refractivity contribution < 1.29 is 56.4 Å². The lowest BCUT2D eigenvalue weighted by molar-refractivity contribution is -0.165. The molecule has 3 aromatic rings. The van der Waals surface area contributed by atoms with Crippen LogP contribution < -0.4 is 4.90 Å². The molecule has 4 atom stereocenters. The zero-order valence-corrected chi connectivity index (χ0v) is 39.7. The van der Waals surface area contributed by atoms with Crippen molar-refractivity contribution in [1.82, 2.24) is 19.7 Å². The second-order valence-electron chi connectivity index (χ2n) is 16.0. The molecule has 0 radical (unpaired) electrons. The van der Waals surface area contributed by atoms with Gasteiger partial charge in [0.2, 0.25) is 5.28 Å². The number of esters is 2. The summed E-state index contributed by atoms with van der Waals surface area (Å²) in [5.41, 5.74) is -0.489. The van der Waals surface area contributed by atoms with Crippen LogP contribution in [0.5, 0.6) is 0 Å². The van der Waals surface area contributed by atoms with Crippen LogP contribution in [0, 0.1) is 12.3 Å². The highest BCUT2D eigenvalue weighted by molar-refractivity contribution is 8.04. The lowest BCUT2D eigenvalue weighted by Crippen LogP contribution is -2.39. The highest BCUT2D eigenvalue weighted by Crippen LogP contribution is 2.56. The van der Waals surface area contributed by atoms with E-state index in [-0.39, 0.29) is 35.4 Å². The zero-order chi connectivity index (χ0) is 45.5. The van der Waals surface area contributed by atoms with Crippen molar-refractivity contribution in [2.75, 3.05) is 75.5 Å². The maximum Gasteiger partial charge on any atom is 0.341 e. The number of aromatic nitrogens is 4. The molecule has 0 aliphatic carbocycles. The van der Waals surface area contributed by atoms with E-state index < -0.39 is 55.3 Å². The molecule has 0 bridgehead atoms. The van der Waals surface area contributed by atoms with Gasteiger partial charge < -0.3 is 47.1 Å². The second kappa shape index (κ2) is 24.3. The number of terminal acetylenes is 1. The van der Waals surface area contributed by atoms with Gasteiger partial charge in [0.15, 0.2) is 24.1 Å². The minimum atomic E-state index is -3.65. The van der Waals surface area contributed by atoms with E-state index in [2.05, 4.69) is 21.0 Å². The van der Waals surface area contributed by atoms with Gasteiger partial charge in [-0.1, -0.05) is 35.7 Å². The van der Waals surface area contributed by atoms with Crippen molar-refractivity contribution in [1.29, 1.82) is 0 Å². The fourth-order valence-corrected chi connectivity index (χ4v) is 10.5. The Labute approximate surface area is 377 Å². The van der Waals surface area contributed by atoms with Crippen LogP contribution in [0.4, 0.5) is 5.82 Å². The normalized spacial score (nSPS) is 18.2. The average Bonchev–Trinajstić information content (AvgIpc) is 3.71.